The van der Waals surface area contributed by atoms with E-state index in [2.05, 4.69) is 24.1 Å². The van der Waals surface area contributed by atoms with E-state index >= 15 is 0 Å². The van der Waals surface area contributed by atoms with Gasteiger partial charge in [-0.1, -0.05) is 46.0 Å². The van der Waals surface area contributed by atoms with Crippen molar-refractivity contribution in [3.63, 3.8) is 0 Å². The molecule has 0 bridgehead atoms. The molecule has 0 radical (unpaired) electrons. The van der Waals surface area contributed by atoms with Crippen molar-refractivity contribution in [1.82, 2.24) is 10.2 Å². The van der Waals surface area contributed by atoms with E-state index in [1.807, 2.05) is 0 Å². The Hall–Kier alpha value is -0.0800. The Morgan fingerprint density at radius 2 is 1.75 bits per heavy atom. The third kappa shape index (κ3) is 4.73. The number of hydrogen-bond donors (Lipinski definition) is 1. The van der Waals surface area contributed by atoms with Crippen LogP contribution in [0.15, 0.2) is 0 Å². The van der Waals surface area contributed by atoms with E-state index in [1.54, 1.807) is 0 Å². The van der Waals surface area contributed by atoms with Crippen molar-refractivity contribution in [2.75, 3.05) is 32.7 Å². The summed E-state index contributed by atoms with van der Waals surface area (Å²) in [6.45, 7) is 11.0. The molecule has 1 saturated heterocycles. The van der Waals surface area contributed by atoms with Crippen molar-refractivity contribution in [2.45, 2.75) is 71.6 Å². The van der Waals surface area contributed by atoms with Gasteiger partial charge in [0.25, 0.3) is 0 Å². The highest BCUT2D eigenvalue weighted by Crippen LogP contribution is 2.37. The molecule has 0 unspecified atom stereocenters. The molecule has 0 aromatic heterocycles. The Bertz CT molecular complexity index is 250. The van der Waals surface area contributed by atoms with Crippen molar-refractivity contribution in [1.29, 1.82) is 0 Å². The van der Waals surface area contributed by atoms with E-state index in [-0.39, 0.29) is 0 Å². The molecular formula is C18H36N2. The summed E-state index contributed by atoms with van der Waals surface area (Å²) < 4.78 is 0. The van der Waals surface area contributed by atoms with Crippen molar-refractivity contribution >= 4 is 0 Å². The van der Waals surface area contributed by atoms with Crippen molar-refractivity contribution in [2.24, 2.45) is 11.3 Å². The summed E-state index contributed by atoms with van der Waals surface area (Å²) in [5, 5.41) is 3.65. The predicted octanol–water partition coefficient (Wildman–Crippen LogP) is 4.06. The normalized spacial score (nSPS) is 24.9. The van der Waals surface area contributed by atoms with Gasteiger partial charge in [-0.15, -0.1) is 0 Å². The fourth-order valence-electron chi connectivity index (χ4n) is 4.40. The molecule has 1 saturated carbocycles. The second kappa shape index (κ2) is 8.38. The monoisotopic (exact) mass is 280 g/mol. The highest BCUT2D eigenvalue weighted by atomic mass is 15.1. The van der Waals surface area contributed by atoms with Crippen LogP contribution in [0.4, 0.5) is 0 Å². The van der Waals surface area contributed by atoms with E-state index in [0.29, 0.717) is 5.41 Å². The maximum absolute atomic E-state index is 3.65. The molecule has 20 heavy (non-hydrogen) atoms. The maximum atomic E-state index is 3.65. The lowest BCUT2D eigenvalue weighted by Gasteiger charge is -2.43. The molecule has 1 heterocycles. The second-order valence-electron chi connectivity index (χ2n) is 7.35. The Morgan fingerprint density at radius 3 is 2.35 bits per heavy atom. The summed E-state index contributed by atoms with van der Waals surface area (Å²) >= 11 is 0. The molecule has 2 fully saturated rings. The highest BCUT2D eigenvalue weighted by molar-refractivity contribution is 4.89. The van der Waals surface area contributed by atoms with Gasteiger partial charge < -0.3 is 10.2 Å². The molecule has 2 nitrogen and oxygen atoms in total. The Kier molecular flexibility index (Phi) is 6.83. The number of rotatable bonds is 7. The first-order valence-corrected chi connectivity index (χ1v) is 9.21. The van der Waals surface area contributed by atoms with Crippen LogP contribution in [0.3, 0.4) is 0 Å². The van der Waals surface area contributed by atoms with E-state index in [9.17, 15) is 0 Å². The summed E-state index contributed by atoms with van der Waals surface area (Å²) in [6.07, 6.45) is 13.0. The van der Waals surface area contributed by atoms with Gasteiger partial charge in [0.2, 0.25) is 0 Å². The number of piperidine rings is 1. The average molecular weight is 280 g/mol. The van der Waals surface area contributed by atoms with Crippen LogP contribution in [0.25, 0.3) is 0 Å². The molecular weight excluding hydrogens is 244 g/mol. The first-order chi connectivity index (χ1) is 9.78. The molecule has 0 amide bonds. The van der Waals surface area contributed by atoms with E-state index in [0.717, 1.165) is 12.5 Å². The van der Waals surface area contributed by atoms with Gasteiger partial charge in [-0.3, -0.25) is 0 Å². The summed E-state index contributed by atoms with van der Waals surface area (Å²) in [4.78, 5) is 2.79. The fourth-order valence-corrected chi connectivity index (χ4v) is 4.40. The number of nitrogens with one attached hydrogen (secondary N) is 1. The standard InChI is InChI=1S/C18H36N2/c1-3-8-17-9-13-20(14-10-17)16-18(15-19-4-2)11-6-5-7-12-18/h17,19H,3-16H2,1-2H3. The molecule has 0 spiro atoms. The Morgan fingerprint density at radius 1 is 1.05 bits per heavy atom. The quantitative estimate of drug-likeness (QED) is 0.756. The third-order valence-electron chi connectivity index (χ3n) is 5.63. The predicted molar refractivity (Wildman–Crippen MR) is 88.1 cm³/mol. The van der Waals surface area contributed by atoms with E-state index in [1.165, 1.54) is 84.0 Å². The van der Waals surface area contributed by atoms with Crippen molar-refractivity contribution in [3.8, 4) is 0 Å². The van der Waals surface area contributed by atoms with Gasteiger partial charge in [-0.25, -0.2) is 0 Å². The van der Waals surface area contributed by atoms with Crippen LogP contribution in [0.5, 0.6) is 0 Å². The minimum atomic E-state index is 0.589. The van der Waals surface area contributed by atoms with Gasteiger partial charge >= 0.3 is 0 Å². The lowest BCUT2D eigenvalue weighted by Crippen LogP contribution is -2.47. The van der Waals surface area contributed by atoms with Crippen LogP contribution in [0, 0.1) is 11.3 Å². The molecule has 2 heteroatoms. The molecule has 2 rings (SSSR count). The SMILES string of the molecule is CCCC1CCN(CC2(CNCC)CCCCC2)CC1. The zero-order valence-corrected chi connectivity index (χ0v) is 13.9. The van der Waals surface area contributed by atoms with Gasteiger partial charge in [-0.2, -0.15) is 0 Å². The molecule has 1 aliphatic heterocycles. The topological polar surface area (TPSA) is 15.3 Å². The van der Waals surface area contributed by atoms with Gasteiger partial charge in [-0.05, 0) is 56.7 Å². The first kappa shape index (κ1) is 16.3. The fraction of sp³-hybridized carbons (Fsp3) is 1.00. The maximum Gasteiger partial charge on any atom is 0.00501 e. The van der Waals surface area contributed by atoms with Crippen LogP contribution in [0.2, 0.25) is 0 Å². The van der Waals surface area contributed by atoms with Crippen molar-refractivity contribution < 1.29 is 0 Å². The molecule has 1 aliphatic carbocycles. The van der Waals surface area contributed by atoms with Gasteiger partial charge in [0.05, 0.1) is 0 Å². The zero-order chi connectivity index (χ0) is 14.3. The minimum Gasteiger partial charge on any atom is -0.316 e. The smallest absolute Gasteiger partial charge is 0.00501 e. The van der Waals surface area contributed by atoms with Crippen LogP contribution < -0.4 is 5.32 Å². The lowest BCUT2D eigenvalue weighted by atomic mass is 9.73. The molecule has 2 aliphatic rings. The average Bonchev–Trinajstić information content (AvgIpc) is 2.49. The molecule has 118 valence electrons. The van der Waals surface area contributed by atoms with Crippen LogP contribution in [-0.2, 0) is 0 Å². The molecule has 0 atom stereocenters. The first-order valence-electron chi connectivity index (χ1n) is 9.21. The summed E-state index contributed by atoms with van der Waals surface area (Å²) in [6, 6.07) is 0. The Balaban J connectivity index is 1.82. The van der Waals surface area contributed by atoms with Crippen LogP contribution in [-0.4, -0.2) is 37.6 Å². The largest absolute Gasteiger partial charge is 0.316 e. The number of nitrogens with zero attached hydrogens (tertiary/aromatic N) is 1. The van der Waals surface area contributed by atoms with E-state index < -0.39 is 0 Å². The number of hydrogen-bond acceptors (Lipinski definition) is 2. The Labute approximate surface area is 126 Å². The summed E-state index contributed by atoms with van der Waals surface area (Å²) in [7, 11) is 0. The van der Waals surface area contributed by atoms with Gasteiger partial charge in [0.1, 0.15) is 0 Å². The van der Waals surface area contributed by atoms with Gasteiger partial charge in [0.15, 0.2) is 0 Å². The minimum absolute atomic E-state index is 0.589. The zero-order valence-electron chi connectivity index (χ0n) is 13.9. The van der Waals surface area contributed by atoms with E-state index in [4.69, 9.17) is 0 Å². The summed E-state index contributed by atoms with van der Waals surface area (Å²) in [5.41, 5.74) is 0.589. The third-order valence-corrected chi connectivity index (χ3v) is 5.63. The lowest BCUT2D eigenvalue weighted by molar-refractivity contribution is 0.0768. The summed E-state index contributed by atoms with van der Waals surface area (Å²) in [5.74, 6) is 1.02. The highest BCUT2D eigenvalue weighted by Gasteiger charge is 2.34. The van der Waals surface area contributed by atoms with Crippen LogP contribution >= 0.6 is 0 Å². The van der Waals surface area contributed by atoms with Crippen LogP contribution in [0.1, 0.15) is 71.6 Å². The van der Waals surface area contributed by atoms with Gasteiger partial charge in [0, 0.05) is 13.1 Å². The second-order valence-corrected chi connectivity index (χ2v) is 7.35. The van der Waals surface area contributed by atoms with Crippen molar-refractivity contribution in [3.05, 3.63) is 0 Å². The number of likely N-dealkylation sites (tertiary alicyclic amines) is 1. The molecule has 0 aromatic rings. The molecule has 1 N–H and O–H groups in total. The molecule has 0 aromatic carbocycles.